The molecule has 172 valence electrons. The van der Waals surface area contributed by atoms with Crippen molar-refractivity contribution in [2.24, 2.45) is 7.05 Å². The van der Waals surface area contributed by atoms with E-state index < -0.39 is 27.7 Å². The van der Waals surface area contributed by atoms with Crippen LogP contribution in [0.4, 0.5) is 22.7 Å². The molecule has 0 spiro atoms. The first-order chi connectivity index (χ1) is 15.5. The number of thiazole rings is 1. The second-order valence-corrected chi connectivity index (χ2v) is 9.27. The summed E-state index contributed by atoms with van der Waals surface area (Å²) >= 11 is 1.08. The Morgan fingerprint density at radius 3 is 2.39 bits per heavy atom. The lowest BCUT2D eigenvalue weighted by Gasteiger charge is -2.10. The van der Waals surface area contributed by atoms with Crippen LogP contribution in [0.5, 0.6) is 11.5 Å². The SMILES string of the molecule is Cn1nc(C(F)(F)F)cc1-c1ccc(Oc2ccc(S(=O)(=O)Nc3nccs3)cc2F)cc1. The van der Waals surface area contributed by atoms with Gasteiger partial charge in [0.05, 0.1) is 10.6 Å². The first-order valence-electron chi connectivity index (χ1n) is 9.14. The van der Waals surface area contributed by atoms with Gasteiger partial charge in [-0.3, -0.25) is 9.40 Å². The molecule has 0 aliphatic heterocycles. The van der Waals surface area contributed by atoms with Crippen LogP contribution in [0.25, 0.3) is 11.3 Å². The molecule has 33 heavy (non-hydrogen) atoms. The molecule has 0 saturated heterocycles. The highest BCUT2D eigenvalue weighted by atomic mass is 32.2. The summed E-state index contributed by atoms with van der Waals surface area (Å²) in [5, 5.41) is 5.20. The largest absolute Gasteiger partial charge is 0.454 e. The van der Waals surface area contributed by atoms with Gasteiger partial charge in [-0.15, -0.1) is 11.3 Å². The molecule has 0 radical (unpaired) electrons. The van der Waals surface area contributed by atoms with E-state index in [1.165, 1.54) is 43.6 Å². The van der Waals surface area contributed by atoms with Gasteiger partial charge in [-0.25, -0.2) is 17.8 Å². The van der Waals surface area contributed by atoms with E-state index >= 15 is 0 Å². The number of ether oxygens (including phenoxy) is 1. The molecule has 0 saturated carbocycles. The average molecular weight is 498 g/mol. The van der Waals surface area contributed by atoms with Gasteiger partial charge in [-0.2, -0.15) is 18.3 Å². The van der Waals surface area contributed by atoms with E-state index in [0.717, 1.165) is 34.2 Å². The monoisotopic (exact) mass is 498 g/mol. The summed E-state index contributed by atoms with van der Waals surface area (Å²) in [4.78, 5) is 3.51. The van der Waals surface area contributed by atoms with E-state index in [0.29, 0.717) is 5.56 Å². The number of anilines is 1. The third kappa shape index (κ3) is 4.98. The molecule has 0 amide bonds. The van der Waals surface area contributed by atoms with E-state index in [2.05, 4.69) is 14.8 Å². The summed E-state index contributed by atoms with van der Waals surface area (Å²) in [6, 6.07) is 9.98. The van der Waals surface area contributed by atoms with Crippen molar-refractivity contribution < 1.29 is 30.7 Å². The number of alkyl halides is 3. The van der Waals surface area contributed by atoms with Crippen molar-refractivity contribution in [3.8, 4) is 22.8 Å². The lowest BCUT2D eigenvalue weighted by molar-refractivity contribution is -0.141. The summed E-state index contributed by atoms with van der Waals surface area (Å²) in [5.41, 5.74) is -0.327. The highest BCUT2D eigenvalue weighted by Crippen LogP contribution is 2.33. The normalized spacial score (nSPS) is 12.0. The van der Waals surface area contributed by atoms with Gasteiger partial charge < -0.3 is 4.74 Å². The van der Waals surface area contributed by atoms with Crippen molar-refractivity contribution in [2.75, 3.05) is 4.72 Å². The molecule has 0 atom stereocenters. The Morgan fingerprint density at radius 2 is 1.82 bits per heavy atom. The Morgan fingerprint density at radius 1 is 1.09 bits per heavy atom. The summed E-state index contributed by atoms with van der Waals surface area (Å²) in [5.74, 6) is -0.939. The molecule has 1 N–H and O–H groups in total. The number of hydrogen-bond acceptors (Lipinski definition) is 6. The summed E-state index contributed by atoms with van der Waals surface area (Å²) in [6.45, 7) is 0. The Kier molecular flexibility index (Phi) is 5.84. The maximum absolute atomic E-state index is 14.5. The smallest absolute Gasteiger partial charge is 0.435 e. The maximum atomic E-state index is 14.5. The van der Waals surface area contributed by atoms with Crippen molar-refractivity contribution in [1.29, 1.82) is 0 Å². The molecule has 4 rings (SSSR count). The fourth-order valence-corrected chi connectivity index (χ4v) is 4.68. The maximum Gasteiger partial charge on any atom is 0.435 e. The topological polar surface area (TPSA) is 86.1 Å². The minimum atomic E-state index is -4.56. The number of nitrogens with zero attached hydrogens (tertiary/aromatic N) is 3. The molecule has 0 fully saturated rings. The van der Waals surface area contributed by atoms with Gasteiger partial charge in [0, 0.05) is 24.2 Å². The molecule has 0 aliphatic carbocycles. The molecule has 2 heterocycles. The van der Waals surface area contributed by atoms with Crippen molar-refractivity contribution in [3.05, 3.63) is 71.6 Å². The standard InChI is InChI=1S/C20H14F4N4O3S2/c1-28-16(11-18(26-28)20(22,23)24)12-2-4-13(5-3-12)31-17-7-6-14(10-15(17)21)33(29,30)27-19-25-8-9-32-19/h2-11H,1H3,(H,25,27). The quantitative estimate of drug-likeness (QED) is 0.365. The molecule has 7 nitrogen and oxygen atoms in total. The van der Waals surface area contributed by atoms with Crippen molar-refractivity contribution in [3.63, 3.8) is 0 Å². The number of aryl methyl sites for hydroxylation is 1. The van der Waals surface area contributed by atoms with Crippen LogP contribution in [-0.2, 0) is 23.2 Å². The van der Waals surface area contributed by atoms with Crippen LogP contribution < -0.4 is 9.46 Å². The van der Waals surface area contributed by atoms with E-state index in [1.807, 2.05) is 0 Å². The zero-order valence-corrected chi connectivity index (χ0v) is 18.3. The lowest BCUT2D eigenvalue weighted by Crippen LogP contribution is -2.13. The van der Waals surface area contributed by atoms with Crippen LogP contribution in [0.3, 0.4) is 0 Å². The molecular formula is C20H14F4N4O3S2. The Labute approximate surface area is 189 Å². The summed E-state index contributed by atoms with van der Waals surface area (Å²) in [6.07, 6.45) is -3.14. The zero-order valence-electron chi connectivity index (χ0n) is 16.7. The van der Waals surface area contributed by atoms with Gasteiger partial charge in [0.25, 0.3) is 10.0 Å². The summed E-state index contributed by atoms with van der Waals surface area (Å²) in [7, 11) is -2.64. The fourth-order valence-electron chi connectivity index (χ4n) is 2.88. The molecular weight excluding hydrogens is 484 g/mol. The minimum absolute atomic E-state index is 0.145. The number of rotatable bonds is 6. The van der Waals surface area contributed by atoms with Crippen molar-refractivity contribution in [2.45, 2.75) is 11.1 Å². The molecule has 2 aromatic heterocycles. The Bertz CT molecular complexity index is 1380. The lowest BCUT2D eigenvalue weighted by atomic mass is 10.1. The molecule has 2 aromatic carbocycles. The van der Waals surface area contributed by atoms with Gasteiger partial charge in [0.2, 0.25) is 0 Å². The predicted molar refractivity (Wildman–Crippen MR) is 113 cm³/mol. The van der Waals surface area contributed by atoms with E-state index in [-0.39, 0.29) is 27.2 Å². The van der Waals surface area contributed by atoms with Crippen molar-refractivity contribution >= 4 is 26.5 Å². The van der Waals surface area contributed by atoms with E-state index in [1.54, 1.807) is 5.38 Å². The first-order valence-corrected chi connectivity index (χ1v) is 11.5. The van der Waals surface area contributed by atoms with Crippen LogP contribution in [0.15, 0.2) is 65.0 Å². The second-order valence-electron chi connectivity index (χ2n) is 6.70. The number of sulfonamides is 1. The molecule has 0 unspecified atom stereocenters. The third-order valence-corrected chi connectivity index (χ3v) is 6.57. The number of benzene rings is 2. The molecule has 0 aliphatic rings. The molecule has 0 bridgehead atoms. The van der Waals surface area contributed by atoms with Crippen LogP contribution in [0.2, 0.25) is 0 Å². The average Bonchev–Trinajstić information content (AvgIpc) is 3.39. The minimum Gasteiger partial charge on any atom is -0.454 e. The first kappa shape index (κ1) is 22.7. The highest BCUT2D eigenvalue weighted by molar-refractivity contribution is 7.93. The van der Waals surface area contributed by atoms with Gasteiger partial charge in [0.15, 0.2) is 22.4 Å². The van der Waals surface area contributed by atoms with Crippen LogP contribution in [-0.4, -0.2) is 23.2 Å². The number of halogens is 4. The van der Waals surface area contributed by atoms with Gasteiger partial charge in [-0.05, 0) is 48.5 Å². The Hall–Kier alpha value is -3.45. The van der Waals surface area contributed by atoms with E-state index in [4.69, 9.17) is 4.74 Å². The van der Waals surface area contributed by atoms with Gasteiger partial charge >= 0.3 is 6.18 Å². The zero-order chi connectivity index (χ0) is 23.8. The highest BCUT2D eigenvalue weighted by Gasteiger charge is 2.34. The molecule has 13 heteroatoms. The fraction of sp³-hybridized carbons (Fsp3) is 0.100. The third-order valence-electron chi connectivity index (χ3n) is 4.42. The second kappa shape index (κ2) is 8.48. The predicted octanol–water partition coefficient (Wildman–Crippen LogP) is 5.29. The van der Waals surface area contributed by atoms with Crippen molar-refractivity contribution in [1.82, 2.24) is 14.8 Å². The Balaban J connectivity index is 1.51. The van der Waals surface area contributed by atoms with Crippen LogP contribution in [0, 0.1) is 5.82 Å². The van der Waals surface area contributed by atoms with Crippen LogP contribution in [0.1, 0.15) is 5.69 Å². The number of aromatic nitrogens is 3. The van der Waals surface area contributed by atoms with Gasteiger partial charge in [0.1, 0.15) is 5.75 Å². The summed E-state index contributed by atoms with van der Waals surface area (Å²) < 4.78 is 86.6. The van der Waals surface area contributed by atoms with Gasteiger partial charge in [-0.1, -0.05) is 0 Å². The van der Waals surface area contributed by atoms with Crippen LogP contribution >= 0.6 is 11.3 Å². The number of nitrogens with one attached hydrogen (secondary N) is 1. The van der Waals surface area contributed by atoms with E-state index in [9.17, 15) is 26.0 Å². The molecule has 4 aromatic rings. The number of hydrogen-bond donors (Lipinski definition) is 1.